The highest BCUT2D eigenvalue weighted by Crippen LogP contribution is 2.35. The number of carbonyl (C=O) groups is 1. The Labute approximate surface area is 157 Å². The maximum absolute atomic E-state index is 12.9. The first-order valence-corrected chi connectivity index (χ1v) is 8.23. The van der Waals surface area contributed by atoms with Crippen molar-refractivity contribution in [3.05, 3.63) is 64.1 Å². The predicted molar refractivity (Wildman–Crippen MR) is 93.7 cm³/mol. The molecule has 0 radical (unpaired) electrons. The number of aryl methyl sites for hydroxylation is 2. The smallest absolute Gasteiger partial charge is 0.304 e. The number of carbonyl (C=O) groups excluding carboxylic acids is 1. The largest absolute Gasteiger partial charge is 0.436 e. The van der Waals surface area contributed by atoms with E-state index in [0.29, 0.717) is 6.54 Å². The van der Waals surface area contributed by atoms with Crippen LogP contribution in [0.25, 0.3) is 0 Å². The molecule has 27 heavy (non-hydrogen) atoms. The third-order valence-electron chi connectivity index (χ3n) is 3.82. The molecule has 2 aromatic heterocycles. The Hall–Kier alpha value is -2.81. The maximum atomic E-state index is 12.9. The summed E-state index contributed by atoms with van der Waals surface area (Å²) in [6.07, 6.45) is -3.09. The Morgan fingerprint density at radius 1 is 1.19 bits per heavy atom. The van der Waals surface area contributed by atoms with Crippen molar-refractivity contribution in [3.8, 4) is 0 Å². The van der Waals surface area contributed by atoms with Crippen molar-refractivity contribution in [3.63, 3.8) is 0 Å². The normalized spacial score (nSPS) is 11.6. The number of halogens is 4. The summed E-state index contributed by atoms with van der Waals surface area (Å²) >= 11 is 5.71. The number of anilines is 1. The summed E-state index contributed by atoms with van der Waals surface area (Å²) in [5, 5.41) is 9.17. The fourth-order valence-electron chi connectivity index (χ4n) is 2.50. The number of alkyl halides is 3. The third kappa shape index (κ3) is 4.13. The van der Waals surface area contributed by atoms with Gasteiger partial charge in [-0.15, -0.1) is 0 Å². The Balaban J connectivity index is 1.75. The molecule has 0 saturated heterocycles. The van der Waals surface area contributed by atoms with Gasteiger partial charge in [-0.3, -0.25) is 14.2 Å². The first-order valence-electron chi connectivity index (χ1n) is 7.85. The summed E-state index contributed by atoms with van der Waals surface area (Å²) in [4.78, 5) is 12.3. The highest BCUT2D eigenvalue weighted by Gasteiger charge is 2.39. The van der Waals surface area contributed by atoms with E-state index in [-0.39, 0.29) is 5.82 Å². The van der Waals surface area contributed by atoms with Crippen LogP contribution in [0.2, 0.25) is 5.02 Å². The van der Waals surface area contributed by atoms with Gasteiger partial charge in [0, 0.05) is 19.3 Å². The van der Waals surface area contributed by atoms with Crippen LogP contribution in [-0.4, -0.2) is 25.5 Å². The number of rotatable bonds is 4. The van der Waals surface area contributed by atoms with E-state index < -0.39 is 28.5 Å². The molecular formula is C17H15ClF3N5O. The Morgan fingerprint density at radius 2 is 1.85 bits per heavy atom. The van der Waals surface area contributed by atoms with Crippen molar-refractivity contribution in [2.45, 2.75) is 19.6 Å². The van der Waals surface area contributed by atoms with E-state index >= 15 is 0 Å². The lowest BCUT2D eigenvalue weighted by Crippen LogP contribution is -2.17. The minimum Gasteiger partial charge on any atom is -0.304 e. The molecule has 3 aromatic rings. The highest BCUT2D eigenvalue weighted by atomic mass is 35.5. The Morgan fingerprint density at radius 3 is 2.44 bits per heavy atom. The SMILES string of the molecule is Cc1ccc(Cn2ccc(NC(=O)c3c(Cl)c(C(F)(F)F)nn3C)n2)cc1. The number of aromatic nitrogens is 4. The van der Waals surface area contributed by atoms with Crippen molar-refractivity contribution in [1.82, 2.24) is 19.6 Å². The molecule has 0 aliphatic heterocycles. The van der Waals surface area contributed by atoms with E-state index in [9.17, 15) is 18.0 Å². The number of amides is 1. The number of nitrogens with one attached hydrogen (secondary N) is 1. The van der Waals surface area contributed by atoms with Crippen molar-refractivity contribution in [2.75, 3.05) is 5.32 Å². The van der Waals surface area contributed by atoms with E-state index in [1.165, 1.54) is 7.05 Å². The summed E-state index contributed by atoms with van der Waals surface area (Å²) in [6, 6.07) is 9.42. The van der Waals surface area contributed by atoms with Crippen LogP contribution in [0.15, 0.2) is 36.5 Å². The average molecular weight is 398 g/mol. The number of hydrogen-bond acceptors (Lipinski definition) is 3. The average Bonchev–Trinajstić information content (AvgIpc) is 3.13. The van der Waals surface area contributed by atoms with Gasteiger partial charge in [0.2, 0.25) is 0 Å². The second-order valence-corrected chi connectivity index (χ2v) is 6.35. The molecule has 0 fully saturated rings. The van der Waals surface area contributed by atoms with Crippen LogP contribution in [0.5, 0.6) is 0 Å². The van der Waals surface area contributed by atoms with Gasteiger partial charge in [0.1, 0.15) is 10.7 Å². The monoisotopic (exact) mass is 397 g/mol. The quantitative estimate of drug-likeness (QED) is 0.726. The molecule has 6 nitrogen and oxygen atoms in total. The van der Waals surface area contributed by atoms with Crippen LogP contribution in [0.3, 0.4) is 0 Å². The highest BCUT2D eigenvalue weighted by molar-refractivity contribution is 6.34. The van der Waals surface area contributed by atoms with Crippen molar-refractivity contribution in [2.24, 2.45) is 7.05 Å². The lowest BCUT2D eigenvalue weighted by molar-refractivity contribution is -0.141. The van der Waals surface area contributed by atoms with Gasteiger partial charge >= 0.3 is 6.18 Å². The molecule has 0 atom stereocenters. The molecule has 0 bridgehead atoms. The minimum atomic E-state index is -4.75. The number of nitrogens with zero attached hydrogens (tertiary/aromatic N) is 4. The molecule has 1 aromatic carbocycles. The topological polar surface area (TPSA) is 64.7 Å². The Bertz CT molecular complexity index is 976. The van der Waals surface area contributed by atoms with Gasteiger partial charge in [-0.2, -0.15) is 23.4 Å². The standard InChI is InChI=1S/C17H15ClF3N5O/c1-10-3-5-11(6-4-10)9-26-8-7-12(23-26)22-16(27)14-13(18)15(17(19,20)21)24-25(14)2/h3-8H,9H2,1-2H3,(H,22,23,27). The van der Waals surface area contributed by atoms with Crippen molar-refractivity contribution >= 4 is 23.3 Å². The summed E-state index contributed by atoms with van der Waals surface area (Å²) in [5.41, 5.74) is 0.461. The molecule has 0 aliphatic carbocycles. The van der Waals surface area contributed by atoms with Gasteiger partial charge in [-0.05, 0) is 12.5 Å². The van der Waals surface area contributed by atoms with Crippen LogP contribution in [0.4, 0.5) is 19.0 Å². The lowest BCUT2D eigenvalue weighted by Gasteiger charge is -2.04. The molecule has 3 rings (SSSR count). The van der Waals surface area contributed by atoms with E-state index in [0.717, 1.165) is 15.8 Å². The predicted octanol–water partition coefficient (Wildman–Crippen LogP) is 3.90. The molecule has 0 unspecified atom stereocenters. The second kappa shape index (κ2) is 7.07. The second-order valence-electron chi connectivity index (χ2n) is 5.97. The summed E-state index contributed by atoms with van der Waals surface area (Å²) in [6.45, 7) is 2.47. The van der Waals surface area contributed by atoms with Gasteiger partial charge < -0.3 is 5.32 Å². The van der Waals surface area contributed by atoms with Crippen LogP contribution >= 0.6 is 11.6 Å². The van der Waals surface area contributed by atoms with Gasteiger partial charge in [0.05, 0.1) is 6.54 Å². The molecular weight excluding hydrogens is 383 g/mol. The fourth-order valence-corrected chi connectivity index (χ4v) is 2.85. The van der Waals surface area contributed by atoms with Crippen LogP contribution < -0.4 is 5.32 Å². The summed E-state index contributed by atoms with van der Waals surface area (Å²) in [5.74, 6) is -0.635. The first kappa shape index (κ1) is 19.0. The molecule has 1 N–H and O–H groups in total. The maximum Gasteiger partial charge on any atom is 0.436 e. The molecule has 1 amide bonds. The zero-order valence-electron chi connectivity index (χ0n) is 14.4. The van der Waals surface area contributed by atoms with E-state index in [1.807, 2.05) is 31.2 Å². The molecule has 2 heterocycles. The minimum absolute atomic E-state index is 0.193. The van der Waals surface area contributed by atoms with Crippen LogP contribution in [-0.2, 0) is 19.8 Å². The van der Waals surface area contributed by atoms with Crippen LogP contribution in [0.1, 0.15) is 27.3 Å². The first-order chi connectivity index (χ1) is 12.6. The van der Waals surface area contributed by atoms with Crippen molar-refractivity contribution < 1.29 is 18.0 Å². The van der Waals surface area contributed by atoms with Gasteiger partial charge in [0.25, 0.3) is 5.91 Å². The molecule has 0 aliphatic rings. The molecule has 0 saturated carbocycles. The number of benzene rings is 1. The van der Waals surface area contributed by atoms with Gasteiger partial charge in [-0.1, -0.05) is 41.4 Å². The van der Waals surface area contributed by atoms with Gasteiger partial charge in [0.15, 0.2) is 11.5 Å². The summed E-state index contributed by atoms with van der Waals surface area (Å²) in [7, 11) is 1.21. The molecule has 142 valence electrons. The van der Waals surface area contributed by atoms with Crippen molar-refractivity contribution in [1.29, 1.82) is 0 Å². The fraction of sp³-hybridized carbons (Fsp3) is 0.235. The van der Waals surface area contributed by atoms with E-state index in [2.05, 4.69) is 15.5 Å². The third-order valence-corrected chi connectivity index (χ3v) is 4.18. The zero-order chi connectivity index (χ0) is 19.8. The van der Waals surface area contributed by atoms with E-state index in [4.69, 9.17) is 11.6 Å². The Kier molecular flexibility index (Phi) is 4.97. The lowest BCUT2D eigenvalue weighted by atomic mass is 10.1. The number of hydrogen-bond donors (Lipinski definition) is 1. The van der Waals surface area contributed by atoms with E-state index in [1.54, 1.807) is 16.9 Å². The van der Waals surface area contributed by atoms with Gasteiger partial charge in [-0.25, -0.2) is 0 Å². The zero-order valence-corrected chi connectivity index (χ0v) is 15.1. The van der Waals surface area contributed by atoms with Crippen LogP contribution in [0, 0.1) is 6.92 Å². The molecule has 10 heteroatoms. The summed E-state index contributed by atoms with van der Waals surface area (Å²) < 4.78 is 41.0. The molecule has 0 spiro atoms.